The molecular weight excluding hydrogens is 162 g/mol. The summed E-state index contributed by atoms with van der Waals surface area (Å²) in [5.74, 6) is 0. The summed E-state index contributed by atoms with van der Waals surface area (Å²) < 4.78 is 5.00. The predicted molar refractivity (Wildman–Crippen MR) is 56.2 cm³/mol. The summed E-state index contributed by atoms with van der Waals surface area (Å²) in [5, 5.41) is 3.13. The molecule has 0 saturated heterocycles. The third-order valence-electron chi connectivity index (χ3n) is 2.03. The number of nitrogens with one attached hydrogen (secondary N) is 1. The van der Waals surface area contributed by atoms with Gasteiger partial charge in [0.15, 0.2) is 0 Å². The topological polar surface area (TPSA) is 21.3 Å². The second-order valence-electron chi connectivity index (χ2n) is 3.05. The van der Waals surface area contributed by atoms with E-state index in [1.807, 2.05) is 7.05 Å². The van der Waals surface area contributed by atoms with Crippen LogP contribution in [0.1, 0.15) is 12.0 Å². The van der Waals surface area contributed by atoms with Crippen LogP contribution in [-0.2, 0) is 11.2 Å². The Bertz CT molecular complexity index is 248. The van der Waals surface area contributed by atoms with Gasteiger partial charge in [0, 0.05) is 26.5 Å². The van der Waals surface area contributed by atoms with Crippen LogP contribution in [0.5, 0.6) is 0 Å². The van der Waals surface area contributed by atoms with E-state index in [-0.39, 0.29) is 0 Å². The van der Waals surface area contributed by atoms with E-state index in [0.717, 1.165) is 19.4 Å². The molecular formula is C11H17NO. The van der Waals surface area contributed by atoms with E-state index in [2.05, 4.69) is 29.6 Å². The van der Waals surface area contributed by atoms with Gasteiger partial charge in [-0.3, -0.25) is 0 Å². The van der Waals surface area contributed by atoms with Gasteiger partial charge in [0.05, 0.1) is 0 Å². The number of methoxy groups -OCH3 is 1. The van der Waals surface area contributed by atoms with Crippen molar-refractivity contribution >= 4 is 5.69 Å². The van der Waals surface area contributed by atoms with Gasteiger partial charge in [0.2, 0.25) is 0 Å². The van der Waals surface area contributed by atoms with Crippen LogP contribution in [0.25, 0.3) is 0 Å². The molecule has 0 unspecified atom stereocenters. The minimum atomic E-state index is 0.837. The Kier molecular flexibility index (Phi) is 4.33. The molecule has 0 saturated carbocycles. The van der Waals surface area contributed by atoms with Crippen molar-refractivity contribution in [2.24, 2.45) is 0 Å². The Morgan fingerprint density at radius 2 is 2.23 bits per heavy atom. The van der Waals surface area contributed by atoms with Crippen LogP contribution in [-0.4, -0.2) is 20.8 Å². The number of hydrogen-bond acceptors (Lipinski definition) is 2. The highest BCUT2D eigenvalue weighted by molar-refractivity contribution is 5.44. The number of aryl methyl sites for hydroxylation is 1. The monoisotopic (exact) mass is 179 g/mol. The maximum Gasteiger partial charge on any atom is 0.0465 e. The van der Waals surface area contributed by atoms with Crippen molar-refractivity contribution < 1.29 is 4.74 Å². The van der Waals surface area contributed by atoms with E-state index < -0.39 is 0 Å². The summed E-state index contributed by atoms with van der Waals surface area (Å²) in [6.45, 7) is 0.837. The van der Waals surface area contributed by atoms with Gasteiger partial charge < -0.3 is 10.1 Å². The fourth-order valence-corrected chi connectivity index (χ4v) is 1.30. The second kappa shape index (κ2) is 5.60. The van der Waals surface area contributed by atoms with Gasteiger partial charge in [-0.2, -0.15) is 0 Å². The molecule has 0 bridgehead atoms. The van der Waals surface area contributed by atoms with Gasteiger partial charge in [0.1, 0.15) is 0 Å². The van der Waals surface area contributed by atoms with E-state index in [9.17, 15) is 0 Å². The first kappa shape index (κ1) is 10.1. The van der Waals surface area contributed by atoms with Gasteiger partial charge in [0.25, 0.3) is 0 Å². The zero-order valence-corrected chi connectivity index (χ0v) is 8.34. The van der Waals surface area contributed by atoms with Crippen molar-refractivity contribution in [3.05, 3.63) is 29.8 Å². The minimum Gasteiger partial charge on any atom is -0.388 e. The molecule has 0 aliphatic carbocycles. The maximum absolute atomic E-state index is 5.00. The Balaban J connectivity index is 2.46. The lowest BCUT2D eigenvalue weighted by atomic mass is 10.1. The van der Waals surface area contributed by atoms with E-state index in [4.69, 9.17) is 4.74 Å². The van der Waals surface area contributed by atoms with Crippen LogP contribution >= 0.6 is 0 Å². The third kappa shape index (κ3) is 3.47. The first-order chi connectivity index (χ1) is 6.36. The lowest BCUT2D eigenvalue weighted by molar-refractivity contribution is 0.195. The fourth-order valence-electron chi connectivity index (χ4n) is 1.30. The molecule has 1 N–H and O–H groups in total. The summed E-state index contributed by atoms with van der Waals surface area (Å²) in [5.41, 5.74) is 2.54. The van der Waals surface area contributed by atoms with Crippen LogP contribution in [0.15, 0.2) is 24.3 Å². The van der Waals surface area contributed by atoms with Crippen molar-refractivity contribution in [3.63, 3.8) is 0 Å². The van der Waals surface area contributed by atoms with Crippen molar-refractivity contribution in [3.8, 4) is 0 Å². The van der Waals surface area contributed by atoms with Crippen LogP contribution in [0.2, 0.25) is 0 Å². The number of benzene rings is 1. The molecule has 0 radical (unpaired) electrons. The molecule has 0 spiro atoms. The van der Waals surface area contributed by atoms with Crippen LogP contribution in [0, 0.1) is 0 Å². The molecule has 0 aliphatic rings. The number of hydrogen-bond donors (Lipinski definition) is 1. The van der Waals surface area contributed by atoms with Gasteiger partial charge in [-0.05, 0) is 30.5 Å². The zero-order chi connectivity index (χ0) is 9.52. The zero-order valence-electron chi connectivity index (χ0n) is 8.34. The van der Waals surface area contributed by atoms with Gasteiger partial charge in [-0.15, -0.1) is 0 Å². The fraction of sp³-hybridized carbons (Fsp3) is 0.455. The number of anilines is 1. The standard InChI is InChI=1S/C11H17NO/c1-12-11-7-3-5-10(9-11)6-4-8-13-2/h3,5,7,9,12H,4,6,8H2,1-2H3. The van der Waals surface area contributed by atoms with E-state index in [1.165, 1.54) is 11.3 Å². The van der Waals surface area contributed by atoms with Crippen LogP contribution in [0.4, 0.5) is 5.69 Å². The Hall–Kier alpha value is -1.02. The summed E-state index contributed by atoms with van der Waals surface area (Å²) >= 11 is 0. The van der Waals surface area contributed by atoms with Gasteiger partial charge in [-0.1, -0.05) is 12.1 Å². The first-order valence-corrected chi connectivity index (χ1v) is 4.62. The molecule has 0 atom stereocenters. The molecule has 13 heavy (non-hydrogen) atoms. The first-order valence-electron chi connectivity index (χ1n) is 4.62. The summed E-state index contributed by atoms with van der Waals surface area (Å²) in [7, 11) is 3.68. The number of ether oxygens (including phenoxy) is 1. The normalized spacial score (nSPS) is 10.0. The molecule has 0 aliphatic heterocycles. The Morgan fingerprint density at radius 3 is 2.92 bits per heavy atom. The average molecular weight is 179 g/mol. The van der Waals surface area contributed by atoms with Crippen molar-refractivity contribution in [2.45, 2.75) is 12.8 Å². The highest BCUT2D eigenvalue weighted by Gasteiger charge is 1.94. The molecule has 2 nitrogen and oxygen atoms in total. The molecule has 0 aromatic heterocycles. The van der Waals surface area contributed by atoms with Gasteiger partial charge in [-0.25, -0.2) is 0 Å². The van der Waals surface area contributed by atoms with Crippen molar-refractivity contribution in [2.75, 3.05) is 26.1 Å². The van der Waals surface area contributed by atoms with E-state index in [1.54, 1.807) is 7.11 Å². The summed E-state index contributed by atoms with van der Waals surface area (Å²) in [6.07, 6.45) is 2.17. The molecule has 1 aromatic carbocycles. The highest BCUT2D eigenvalue weighted by Crippen LogP contribution is 2.11. The highest BCUT2D eigenvalue weighted by atomic mass is 16.5. The minimum absolute atomic E-state index is 0.837. The largest absolute Gasteiger partial charge is 0.388 e. The molecule has 0 fully saturated rings. The Morgan fingerprint density at radius 1 is 1.38 bits per heavy atom. The molecule has 0 amide bonds. The quantitative estimate of drug-likeness (QED) is 0.700. The third-order valence-corrected chi connectivity index (χ3v) is 2.03. The van der Waals surface area contributed by atoms with E-state index >= 15 is 0 Å². The molecule has 1 rings (SSSR count). The van der Waals surface area contributed by atoms with Gasteiger partial charge >= 0.3 is 0 Å². The van der Waals surface area contributed by atoms with E-state index in [0.29, 0.717) is 0 Å². The SMILES string of the molecule is CNc1cccc(CCCOC)c1. The maximum atomic E-state index is 5.00. The molecule has 72 valence electrons. The average Bonchev–Trinajstić information content (AvgIpc) is 2.19. The van der Waals surface area contributed by atoms with Crippen molar-refractivity contribution in [1.82, 2.24) is 0 Å². The predicted octanol–water partition coefficient (Wildman–Crippen LogP) is 2.31. The summed E-state index contributed by atoms with van der Waals surface area (Å²) in [4.78, 5) is 0. The van der Waals surface area contributed by atoms with Crippen molar-refractivity contribution in [1.29, 1.82) is 0 Å². The second-order valence-corrected chi connectivity index (χ2v) is 3.05. The van der Waals surface area contributed by atoms with Crippen LogP contribution in [0.3, 0.4) is 0 Å². The molecule has 0 heterocycles. The lowest BCUT2D eigenvalue weighted by Gasteiger charge is -2.04. The van der Waals surface area contributed by atoms with Crippen LogP contribution < -0.4 is 5.32 Å². The molecule has 1 aromatic rings. The number of rotatable bonds is 5. The lowest BCUT2D eigenvalue weighted by Crippen LogP contribution is -1.94. The summed E-state index contributed by atoms with van der Waals surface area (Å²) in [6, 6.07) is 8.47. The Labute approximate surface area is 79.9 Å². The smallest absolute Gasteiger partial charge is 0.0465 e. The molecule has 2 heteroatoms.